The molecule has 0 aliphatic carbocycles. The topological polar surface area (TPSA) is 32.3 Å². The highest BCUT2D eigenvalue weighted by atomic mass is 79.9. The second kappa shape index (κ2) is 7.67. The van der Waals surface area contributed by atoms with Crippen LogP contribution in [0.25, 0.3) is 5.57 Å². The molecule has 1 unspecified atom stereocenters. The monoisotopic (exact) mass is 384 g/mol. The predicted octanol–water partition coefficient (Wildman–Crippen LogP) is 5.01. The Hall–Kier alpha value is -2.07. The summed E-state index contributed by atoms with van der Waals surface area (Å²) >= 11 is 3.43. The fourth-order valence-electron chi connectivity index (χ4n) is 2.88. The average molecular weight is 385 g/mol. The van der Waals surface area contributed by atoms with Crippen LogP contribution in [0.5, 0.6) is 0 Å². The number of nitrogens with one attached hydrogen (secondary N) is 1. The number of rotatable bonds is 3. The second-order valence-electron chi connectivity index (χ2n) is 6.01. The Morgan fingerprint density at radius 1 is 1.12 bits per heavy atom. The Morgan fingerprint density at radius 2 is 1.83 bits per heavy atom. The maximum absolute atomic E-state index is 12.5. The summed E-state index contributed by atoms with van der Waals surface area (Å²) in [6.45, 7) is 3.42. The third-order valence-corrected chi connectivity index (χ3v) is 4.88. The first-order valence-electron chi connectivity index (χ1n) is 8.19. The van der Waals surface area contributed by atoms with Crippen molar-refractivity contribution in [1.82, 2.24) is 10.2 Å². The molecule has 0 bridgehead atoms. The first-order chi connectivity index (χ1) is 11.6. The zero-order valence-electron chi connectivity index (χ0n) is 13.7. The average Bonchev–Trinajstić information content (AvgIpc) is 2.63. The predicted molar refractivity (Wildman–Crippen MR) is 102 cm³/mol. The van der Waals surface area contributed by atoms with Gasteiger partial charge in [-0.25, -0.2) is 4.79 Å². The van der Waals surface area contributed by atoms with Crippen molar-refractivity contribution in [2.75, 3.05) is 13.1 Å². The van der Waals surface area contributed by atoms with Crippen LogP contribution in [0.15, 0.2) is 65.1 Å². The fraction of sp³-hybridized carbons (Fsp3) is 0.250. The van der Waals surface area contributed by atoms with Gasteiger partial charge in [-0.05, 0) is 42.2 Å². The molecule has 3 nitrogen and oxygen atoms in total. The quantitative estimate of drug-likeness (QED) is 0.792. The summed E-state index contributed by atoms with van der Waals surface area (Å²) in [5.74, 6) is 0. The van der Waals surface area contributed by atoms with Crippen molar-refractivity contribution in [3.8, 4) is 0 Å². The molecule has 1 heterocycles. The van der Waals surface area contributed by atoms with Crippen LogP contribution in [0.2, 0.25) is 0 Å². The number of carbonyl (C=O) groups is 1. The lowest BCUT2D eigenvalue weighted by molar-refractivity contribution is 0.200. The van der Waals surface area contributed by atoms with E-state index < -0.39 is 0 Å². The van der Waals surface area contributed by atoms with E-state index in [0.717, 1.165) is 23.0 Å². The molecule has 124 valence electrons. The van der Waals surface area contributed by atoms with Gasteiger partial charge in [0.2, 0.25) is 0 Å². The zero-order chi connectivity index (χ0) is 16.9. The number of hydrogen-bond donors (Lipinski definition) is 1. The number of carbonyl (C=O) groups excluding carboxylic acids is 1. The van der Waals surface area contributed by atoms with Gasteiger partial charge < -0.3 is 10.2 Å². The molecule has 1 atom stereocenters. The van der Waals surface area contributed by atoms with Crippen LogP contribution >= 0.6 is 15.9 Å². The minimum atomic E-state index is -0.00917. The van der Waals surface area contributed by atoms with E-state index in [9.17, 15) is 4.79 Å². The number of urea groups is 1. The molecule has 0 fully saturated rings. The fourth-order valence-corrected chi connectivity index (χ4v) is 3.14. The summed E-state index contributed by atoms with van der Waals surface area (Å²) in [5.41, 5.74) is 3.67. The van der Waals surface area contributed by atoms with Crippen LogP contribution in [-0.4, -0.2) is 24.0 Å². The Morgan fingerprint density at radius 3 is 2.46 bits per heavy atom. The lowest BCUT2D eigenvalue weighted by Gasteiger charge is -2.28. The minimum absolute atomic E-state index is 0.00576. The van der Waals surface area contributed by atoms with E-state index >= 15 is 0 Å². The van der Waals surface area contributed by atoms with E-state index in [4.69, 9.17) is 0 Å². The zero-order valence-corrected chi connectivity index (χ0v) is 15.3. The number of amides is 2. The SMILES string of the molecule is CC(NC(=O)N1CC=C(c2ccccc2)CC1)c1ccc(Br)cc1. The third kappa shape index (κ3) is 4.06. The molecule has 0 saturated heterocycles. The molecule has 2 amide bonds. The van der Waals surface area contributed by atoms with Crippen molar-refractivity contribution in [3.05, 3.63) is 76.3 Å². The van der Waals surface area contributed by atoms with Gasteiger partial charge in [-0.3, -0.25) is 0 Å². The summed E-state index contributed by atoms with van der Waals surface area (Å²) in [6.07, 6.45) is 3.05. The van der Waals surface area contributed by atoms with E-state index in [2.05, 4.69) is 51.6 Å². The van der Waals surface area contributed by atoms with Gasteiger partial charge in [0.05, 0.1) is 6.04 Å². The van der Waals surface area contributed by atoms with Crippen LogP contribution in [0.3, 0.4) is 0 Å². The number of nitrogens with zero attached hydrogens (tertiary/aromatic N) is 1. The van der Waals surface area contributed by atoms with Gasteiger partial charge >= 0.3 is 6.03 Å². The highest BCUT2D eigenvalue weighted by molar-refractivity contribution is 9.10. The first kappa shape index (κ1) is 16.8. The molecular formula is C20H21BrN2O. The number of hydrogen-bond acceptors (Lipinski definition) is 1. The van der Waals surface area contributed by atoms with E-state index in [0.29, 0.717) is 6.54 Å². The van der Waals surface area contributed by atoms with Gasteiger partial charge in [-0.2, -0.15) is 0 Å². The first-order valence-corrected chi connectivity index (χ1v) is 8.98. The molecule has 1 N–H and O–H groups in total. The molecule has 2 aromatic rings. The maximum Gasteiger partial charge on any atom is 0.318 e. The Kier molecular flexibility index (Phi) is 5.36. The lowest BCUT2D eigenvalue weighted by atomic mass is 10.00. The summed E-state index contributed by atoms with van der Waals surface area (Å²) in [7, 11) is 0. The molecule has 0 radical (unpaired) electrons. The molecule has 3 rings (SSSR count). The van der Waals surface area contributed by atoms with E-state index in [1.807, 2.05) is 42.2 Å². The molecule has 24 heavy (non-hydrogen) atoms. The second-order valence-corrected chi connectivity index (χ2v) is 6.93. The number of benzene rings is 2. The summed E-state index contributed by atoms with van der Waals surface area (Å²) in [5, 5.41) is 3.08. The van der Waals surface area contributed by atoms with Crippen LogP contribution in [0.1, 0.15) is 30.5 Å². The minimum Gasteiger partial charge on any atom is -0.331 e. The highest BCUT2D eigenvalue weighted by Gasteiger charge is 2.19. The van der Waals surface area contributed by atoms with Crippen LogP contribution < -0.4 is 5.32 Å². The molecule has 0 saturated carbocycles. The van der Waals surface area contributed by atoms with Crippen LogP contribution in [0.4, 0.5) is 4.79 Å². The van der Waals surface area contributed by atoms with E-state index in [1.54, 1.807) is 0 Å². The van der Waals surface area contributed by atoms with Crippen molar-refractivity contribution in [2.45, 2.75) is 19.4 Å². The van der Waals surface area contributed by atoms with Crippen molar-refractivity contribution >= 4 is 27.5 Å². The summed E-state index contributed by atoms with van der Waals surface area (Å²) < 4.78 is 1.04. The van der Waals surface area contributed by atoms with Gasteiger partial charge in [0.25, 0.3) is 0 Å². The van der Waals surface area contributed by atoms with E-state index in [1.165, 1.54) is 11.1 Å². The standard InChI is InChI=1S/C20H21BrN2O/c1-15(16-7-9-19(21)10-8-16)22-20(24)23-13-11-18(12-14-23)17-5-3-2-4-6-17/h2-11,15H,12-14H2,1H3,(H,22,24). The van der Waals surface area contributed by atoms with Crippen molar-refractivity contribution in [2.24, 2.45) is 0 Å². The molecular weight excluding hydrogens is 364 g/mol. The lowest BCUT2D eigenvalue weighted by Crippen LogP contribution is -2.43. The van der Waals surface area contributed by atoms with Gasteiger partial charge in [-0.1, -0.05) is 64.5 Å². The van der Waals surface area contributed by atoms with Gasteiger partial charge in [0.15, 0.2) is 0 Å². The highest BCUT2D eigenvalue weighted by Crippen LogP contribution is 2.22. The molecule has 1 aliphatic rings. The molecule has 2 aromatic carbocycles. The largest absolute Gasteiger partial charge is 0.331 e. The Labute approximate surface area is 151 Å². The Bertz CT molecular complexity index is 725. The normalized spacial score (nSPS) is 15.6. The molecule has 4 heteroatoms. The van der Waals surface area contributed by atoms with Crippen LogP contribution in [-0.2, 0) is 0 Å². The summed E-state index contributed by atoms with van der Waals surface area (Å²) in [6, 6.07) is 18.4. The van der Waals surface area contributed by atoms with Gasteiger partial charge in [-0.15, -0.1) is 0 Å². The van der Waals surface area contributed by atoms with E-state index in [-0.39, 0.29) is 12.1 Å². The molecule has 1 aliphatic heterocycles. The molecule has 0 aromatic heterocycles. The van der Waals surface area contributed by atoms with Gasteiger partial charge in [0, 0.05) is 17.6 Å². The third-order valence-electron chi connectivity index (χ3n) is 4.35. The van der Waals surface area contributed by atoms with Crippen LogP contribution in [0, 0.1) is 0 Å². The van der Waals surface area contributed by atoms with Gasteiger partial charge in [0.1, 0.15) is 0 Å². The number of halogens is 1. The summed E-state index contributed by atoms with van der Waals surface area (Å²) in [4.78, 5) is 14.3. The van der Waals surface area contributed by atoms with Crippen molar-refractivity contribution < 1.29 is 4.79 Å². The smallest absolute Gasteiger partial charge is 0.318 e. The molecule has 0 spiro atoms. The maximum atomic E-state index is 12.5. The van der Waals surface area contributed by atoms with Crippen molar-refractivity contribution in [3.63, 3.8) is 0 Å². The van der Waals surface area contributed by atoms with Crippen molar-refractivity contribution in [1.29, 1.82) is 0 Å². The Balaban J connectivity index is 1.59.